The maximum absolute atomic E-state index is 5.09. The van der Waals surface area contributed by atoms with Gasteiger partial charge in [0, 0.05) is 11.3 Å². The zero-order valence-corrected chi connectivity index (χ0v) is 30.0. The first-order valence-corrected chi connectivity index (χ1v) is 18.9. The summed E-state index contributed by atoms with van der Waals surface area (Å²) in [4.78, 5) is 5.09. The predicted octanol–water partition coefficient (Wildman–Crippen LogP) is 14.3. The molecule has 1 heterocycles. The molecule has 0 aliphatic carbocycles. The van der Waals surface area contributed by atoms with Gasteiger partial charge in [-0.2, -0.15) is 0 Å². The van der Waals surface area contributed by atoms with Gasteiger partial charge in [0.15, 0.2) is 0 Å². The first-order valence-electron chi connectivity index (χ1n) is 18.9. The van der Waals surface area contributed by atoms with Crippen molar-refractivity contribution in [2.45, 2.75) is 0 Å². The molecule has 55 heavy (non-hydrogen) atoms. The molecule has 11 rings (SSSR count). The molecule has 0 unspecified atom stereocenters. The second-order valence-electron chi connectivity index (χ2n) is 14.4. The minimum Gasteiger partial charge on any atom is -0.292 e. The van der Waals surface area contributed by atoms with Gasteiger partial charge >= 0.3 is 0 Å². The molecule has 0 radical (unpaired) electrons. The molecule has 0 atom stereocenters. The Morgan fingerprint density at radius 3 is 1.45 bits per heavy atom. The lowest BCUT2D eigenvalue weighted by molar-refractivity contribution is 1.10. The Kier molecular flexibility index (Phi) is 7.21. The van der Waals surface area contributed by atoms with Crippen LogP contribution in [0, 0.1) is 0 Å². The van der Waals surface area contributed by atoms with E-state index >= 15 is 0 Å². The van der Waals surface area contributed by atoms with Crippen LogP contribution in [0.25, 0.3) is 105 Å². The van der Waals surface area contributed by atoms with Gasteiger partial charge in [-0.15, -0.1) is 0 Å². The molecule has 0 bridgehead atoms. The van der Waals surface area contributed by atoms with E-state index in [1.807, 2.05) is 0 Å². The van der Waals surface area contributed by atoms with Crippen molar-refractivity contribution in [2.75, 3.05) is 0 Å². The molecule has 10 aromatic carbocycles. The third-order valence-corrected chi connectivity index (χ3v) is 11.1. The molecular weight excluding hydrogens is 665 g/mol. The summed E-state index contributed by atoms with van der Waals surface area (Å²) in [7, 11) is 0. The highest BCUT2D eigenvalue weighted by molar-refractivity contribution is 6.12. The normalized spacial score (nSPS) is 11.6. The van der Waals surface area contributed by atoms with E-state index in [0.717, 1.165) is 28.1 Å². The molecular formula is C53H34N2. The lowest BCUT2D eigenvalue weighted by atomic mass is 9.88. The molecule has 2 heteroatoms. The van der Waals surface area contributed by atoms with Crippen molar-refractivity contribution in [2.24, 2.45) is 0 Å². The van der Waals surface area contributed by atoms with Crippen molar-refractivity contribution < 1.29 is 0 Å². The molecule has 11 aromatic rings. The van der Waals surface area contributed by atoms with Gasteiger partial charge in [-0.05, 0) is 131 Å². The highest BCUT2D eigenvalue weighted by atomic mass is 15.1. The number of para-hydroxylation sites is 3. The van der Waals surface area contributed by atoms with Gasteiger partial charge in [-0.25, -0.2) is 4.98 Å². The van der Waals surface area contributed by atoms with Gasteiger partial charge in [0.25, 0.3) is 0 Å². The van der Waals surface area contributed by atoms with Crippen molar-refractivity contribution in [1.29, 1.82) is 0 Å². The Labute approximate surface area is 319 Å². The SMILES string of the molecule is c1ccc(-n2c(-c3ccc(-c4ccc5cc6c(-c7ccc8ccccc8c7)ccc(-c7ccc8ccccc8c7)c6cc5c4)cc3)nc3ccccc32)cc1. The Morgan fingerprint density at radius 1 is 0.309 bits per heavy atom. The summed E-state index contributed by atoms with van der Waals surface area (Å²) in [5, 5.41) is 9.96. The number of aromatic nitrogens is 2. The van der Waals surface area contributed by atoms with Crippen LogP contribution in [0.3, 0.4) is 0 Å². The molecule has 1 aromatic heterocycles. The number of nitrogens with zero attached hydrogens (tertiary/aromatic N) is 2. The lowest BCUT2D eigenvalue weighted by Crippen LogP contribution is -1.97. The third kappa shape index (κ3) is 5.38. The van der Waals surface area contributed by atoms with E-state index in [9.17, 15) is 0 Å². The molecule has 2 nitrogen and oxygen atoms in total. The van der Waals surface area contributed by atoms with E-state index in [4.69, 9.17) is 4.98 Å². The Bertz CT molecular complexity index is 3240. The van der Waals surface area contributed by atoms with Crippen LogP contribution in [0.15, 0.2) is 206 Å². The van der Waals surface area contributed by atoms with Gasteiger partial charge < -0.3 is 0 Å². The monoisotopic (exact) mass is 698 g/mol. The van der Waals surface area contributed by atoms with E-state index < -0.39 is 0 Å². The van der Waals surface area contributed by atoms with Gasteiger partial charge in [-0.3, -0.25) is 4.57 Å². The van der Waals surface area contributed by atoms with E-state index in [-0.39, 0.29) is 0 Å². The molecule has 256 valence electrons. The number of benzene rings is 10. The highest BCUT2D eigenvalue weighted by Crippen LogP contribution is 2.40. The van der Waals surface area contributed by atoms with Crippen LogP contribution in [-0.4, -0.2) is 9.55 Å². The number of imidazole rings is 1. The van der Waals surface area contributed by atoms with Crippen LogP contribution in [0.5, 0.6) is 0 Å². The van der Waals surface area contributed by atoms with Gasteiger partial charge in [0.2, 0.25) is 0 Å². The Morgan fingerprint density at radius 2 is 0.782 bits per heavy atom. The molecule has 0 aliphatic heterocycles. The fourth-order valence-electron chi connectivity index (χ4n) is 8.36. The standard InChI is InChI=1S/C53H34N2/c1-2-14-46(15-3-1)55-52-17-9-8-16-51(52)54-53(55)38-22-18-37(19-23-38)41-24-25-42-33-49-47(43-26-20-35-10-4-6-12-39(35)30-43)28-29-48(50(49)34-45(42)32-41)44-27-21-36-11-5-7-13-40(36)31-44/h1-34H. The van der Waals surface area contributed by atoms with Crippen molar-refractivity contribution in [3.05, 3.63) is 206 Å². The number of hydrogen-bond acceptors (Lipinski definition) is 1. The van der Waals surface area contributed by atoms with E-state index in [1.165, 1.54) is 76.5 Å². The largest absolute Gasteiger partial charge is 0.292 e. The molecule has 0 N–H and O–H groups in total. The summed E-state index contributed by atoms with van der Waals surface area (Å²) in [6, 6.07) is 74.9. The van der Waals surface area contributed by atoms with Crippen LogP contribution < -0.4 is 0 Å². The van der Waals surface area contributed by atoms with Gasteiger partial charge in [0.1, 0.15) is 5.82 Å². The smallest absolute Gasteiger partial charge is 0.145 e. The first-order chi connectivity index (χ1) is 27.2. The van der Waals surface area contributed by atoms with Crippen molar-refractivity contribution in [1.82, 2.24) is 9.55 Å². The van der Waals surface area contributed by atoms with Crippen LogP contribution in [0.2, 0.25) is 0 Å². The second kappa shape index (κ2) is 12.7. The first kappa shape index (κ1) is 31.3. The van der Waals surface area contributed by atoms with Gasteiger partial charge in [-0.1, -0.05) is 152 Å². The topological polar surface area (TPSA) is 17.8 Å². The van der Waals surface area contributed by atoms with Crippen molar-refractivity contribution >= 4 is 54.1 Å². The van der Waals surface area contributed by atoms with Crippen LogP contribution in [0.1, 0.15) is 0 Å². The maximum Gasteiger partial charge on any atom is 0.145 e. The molecule has 0 fully saturated rings. The average Bonchev–Trinajstić information content (AvgIpc) is 3.65. The zero-order valence-electron chi connectivity index (χ0n) is 30.0. The van der Waals surface area contributed by atoms with Crippen molar-refractivity contribution in [3.8, 4) is 50.5 Å². The fraction of sp³-hybridized carbons (Fsp3) is 0. The molecule has 0 spiro atoms. The van der Waals surface area contributed by atoms with Crippen LogP contribution in [-0.2, 0) is 0 Å². The average molecular weight is 699 g/mol. The fourth-order valence-corrected chi connectivity index (χ4v) is 8.36. The Balaban J connectivity index is 1.05. The quantitative estimate of drug-likeness (QED) is 0.164. The maximum atomic E-state index is 5.09. The zero-order chi connectivity index (χ0) is 36.3. The summed E-state index contributed by atoms with van der Waals surface area (Å²) in [5.74, 6) is 0.937. The highest BCUT2D eigenvalue weighted by Gasteiger charge is 2.16. The van der Waals surface area contributed by atoms with Crippen LogP contribution >= 0.6 is 0 Å². The number of fused-ring (bicyclic) bond motifs is 5. The molecule has 0 amide bonds. The summed E-state index contributed by atoms with van der Waals surface area (Å²) >= 11 is 0. The molecule has 0 aliphatic rings. The minimum atomic E-state index is 0.937. The number of hydrogen-bond donors (Lipinski definition) is 0. The van der Waals surface area contributed by atoms with E-state index in [0.29, 0.717) is 0 Å². The lowest BCUT2D eigenvalue weighted by Gasteiger charge is -2.15. The molecule has 0 saturated heterocycles. The predicted molar refractivity (Wildman–Crippen MR) is 233 cm³/mol. The summed E-state index contributed by atoms with van der Waals surface area (Å²) < 4.78 is 2.25. The summed E-state index contributed by atoms with van der Waals surface area (Å²) in [6.07, 6.45) is 0. The molecule has 0 saturated carbocycles. The van der Waals surface area contributed by atoms with E-state index in [1.54, 1.807) is 0 Å². The summed E-state index contributed by atoms with van der Waals surface area (Å²) in [5.41, 5.74) is 11.6. The van der Waals surface area contributed by atoms with E-state index in [2.05, 4.69) is 211 Å². The summed E-state index contributed by atoms with van der Waals surface area (Å²) in [6.45, 7) is 0. The van der Waals surface area contributed by atoms with Gasteiger partial charge in [0.05, 0.1) is 11.0 Å². The second-order valence-corrected chi connectivity index (χ2v) is 14.4. The van der Waals surface area contributed by atoms with Crippen molar-refractivity contribution in [3.63, 3.8) is 0 Å². The number of rotatable bonds is 5. The third-order valence-electron chi connectivity index (χ3n) is 11.1. The minimum absolute atomic E-state index is 0.937. The Hall–Kier alpha value is -7.29. The van der Waals surface area contributed by atoms with Crippen LogP contribution in [0.4, 0.5) is 0 Å².